The molecule has 102 valence electrons. The molecule has 0 spiro atoms. The summed E-state index contributed by atoms with van der Waals surface area (Å²) in [6.45, 7) is 0.204. The van der Waals surface area contributed by atoms with Crippen molar-refractivity contribution in [2.75, 3.05) is 0 Å². The van der Waals surface area contributed by atoms with Crippen molar-refractivity contribution >= 4 is 5.91 Å². The fraction of sp³-hybridized carbons (Fsp3) is 0.143. The Morgan fingerprint density at radius 3 is 2.80 bits per heavy atom. The molecule has 0 atom stereocenters. The van der Waals surface area contributed by atoms with Gasteiger partial charge >= 0.3 is 0 Å². The number of carbonyl (C=O) groups excluding carboxylic acids is 1. The first-order valence-electron chi connectivity index (χ1n) is 5.90. The Labute approximate surface area is 115 Å². The number of ether oxygens (including phenoxy) is 1. The first-order chi connectivity index (χ1) is 9.72. The Hall–Kier alpha value is -2.78. The van der Waals surface area contributed by atoms with E-state index in [0.717, 1.165) is 5.56 Å². The number of nitrogen functional groups attached to an aromatic ring is 1. The molecule has 2 rings (SSSR count). The van der Waals surface area contributed by atoms with Crippen LogP contribution in [0, 0.1) is 11.3 Å². The predicted octanol–water partition coefficient (Wildman–Crippen LogP) is 1.53. The number of hydrogen-bond donors (Lipinski definition) is 2. The maximum absolute atomic E-state index is 11.2. The van der Waals surface area contributed by atoms with E-state index in [1.165, 1.54) is 6.26 Å². The molecule has 0 saturated carbocycles. The quantitative estimate of drug-likeness (QED) is 0.488. The van der Waals surface area contributed by atoms with Crippen molar-refractivity contribution in [3.8, 4) is 11.8 Å². The molecule has 0 fully saturated rings. The van der Waals surface area contributed by atoms with Gasteiger partial charge in [0.05, 0.1) is 18.1 Å². The molecule has 1 aromatic carbocycles. The van der Waals surface area contributed by atoms with Gasteiger partial charge in [0.2, 0.25) is 0 Å². The van der Waals surface area contributed by atoms with Gasteiger partial charge in [-0.3, -0.25) is 10.2 Å². The van der Waals surface area contributed by atoms with Crippen molar-refractivity contribution in [1.29, 1.82) is 5.26 Å². The third-order valence-corrected chi connectivity index (χ3v) is 2.63. The minimum absolute atomic E-state index is 0.204. The molecule has 20 heavy (non-hydrogen) atoms. The lowest BCUT2D eigenvalue weighted by Crippen LogP contribution is -2.29. The lowest BCUT2D eigenvalue weighted by Gasteiger charge is -2.04. The number of hydrogen-bond acceptors (Lipinski definition) is 5. The largest absolute Gasteiger partial charge is 0.486 e. The Morgan fingerprint density at radius 2 is 2.15 bits per heavy atom. The zero-order valence-corrected chi connectivity index (χ0v) is 10.6. The standard InChI is InChI=1S/C14H13N3O3/c15-6-5-10-1-3-12(4-2-10)20-9-13-7-11(8-19-13)14(18)17-16/h1-4,7-8H,5,9,16H2,(H,17,18). The van der Waals surface area contributed by atoms with Crippen LogP contribution in [0.5, 0.6) is 5.75 Å². The molecule has 3 N–H and O–H groups in total. The third-order valence-electron chi connectivity index (χ3n) is 2.63. The highest BCUT2D eigenvalue weighted by Gasteiger charge is 2.09. The summed E-state index contributed by atoms with van der Waals surface area (Å²) in [6.07, 6.45) is 1.69. The van der Waals surface area contributed by atoms with Gasteiger partial charge in [-0.2, -0.15) is 5.26 Å². The molecule has 1 amide bonds. The summed E-state index contributed by atoms with van der Waals surface area (Å²) in [5.41, 5.74) is 3.29. The van der Waals surface area contributed by atoms with Crippen LogP contribution in [0.4, 0.5) is 0 Å². The van der Waals surface area contributed by atoms with Crippen LogP contribution >= 0.6 is 0 Å². The van der Waals surface area contributed by atoms with E-state index in [0.29, 0.717) is 23.5 Å². The van der Waals surface area contributed by atoms with E-state index >= 15 is 0 Å². The van der Waals surface area contributed by atoms with Crippen molar-refractivity contribution in [1.82, 2.24) is 5.43 Å². The van der Waals surface area contributed by atoms with Crippen LogP contribution in [0.2, 0.25) is 0 Å². The van der Waals surface area contributed by atoms with Gasteiger partial charge in [0.15, 0.2) is 0 Å². The highest BCUT2D eigenvalue weighted by molar-refractivity contribution is 5.93. The summed E-state index contributed by atoms with van der Waals surface area (Å²) < 4.78 is 10.7. The third kappa shape index (κ3) is 3.37. The molecular weight excluding hydrogens is 258 g/mol. The molecule has 0 unspecified atom stereocenters. The monoisotopic (exact) mass is 271 g/mol. The van der Waals surface area contributed by atoms with Crippen LogP contribution < -0.4 is 16.0 Å². The molecule has 6 heteroatoms. The van der Waals surface area contributed by atoms with E-state index in [9.17, 15) is 4.79 Å². The second kappa shape index (κ2) is 6.41. The molecule has 2 aromatic rings. The smallest absolute Gasteiger partial charge is 0.268 e. The molecule has 0 aliphatic rings. The van der Waals surface area contributed by atoms with Crippen molar-refractivity contribution in [2.24, 2.45) is 5.84 Å². The summed E-state index contributed by atoms with van der Waals surface area (Å²) in [4.78, 5) is 11.2. The number of amides is 1. The number of rotatable bonds is 5. The molecular formula is C14H13N3O3. The van der Waals surface area contributed by atoms with E-state index in [-0.39, 0.29) is 6.61 Å². The van der Waals surface area contributed by atoms with Gasteiger partial charge in [-0.05, 0) is 23.8 Å². The van der Waals surface area contributed by atoms with Crippen molar-refractivity contribution in [3.05, 3.63) is 53.5 Å². The maximum Gasteiger partial charge on any atom is 0.268 e. The van der Waals surface area contributed by atoms with Crippen LogP contribution in [0.1, 0.15) is 21.7 Å². The van der Waals surface area contributed by atoms with Crippen LogP contribution in [0.15, 0.2) is 41.0 Å². The Bertz CT molecular complexity index is 626. The van der Waals surface area contributed by atoms with Gasteiger partial charge in [0.25, 0.3) is 5.91 Å². The summed E-state index contributed by atoms with van der Waals surface area (Å²) in [5, 5.41) is 8.57. The molecule has 0 saturated heterocycles. The zero-order chi connectivity index (χ0) is 14.4. The fourth-order valence-electron chi connectivity index (χ4n) is 1.61. The van der Waals surface area contributed by atoms with Gasteiger partial charge in [-0.15, -0.1) is 0 Å². The number of nitrogens with two attached hydrogens (primary N) is 1. The number of nitrogens with zero attached hydrogens (tertiary/aromatic N) is 1. The molecule has 0 bridgehead atoms. The summed E-state index contributed by atoms with van der Waals surface area (Å²) in [7, 11) is 0. The second-order valence-corrected chi connectivity index (χ2v) is 4.04. The number of hydrazine groups is 1. The van der Waals surface area contributed by atoms with Crippen LogP contribution in [0.25, 0.3) is 0 Å². The van der Waals surface area contributed by atoms with E-state index < -0.39 is 5.91 Å². The van der Waals surface area contributed by atoms with E-state index in [1.807, 2.05) is 17.6 Å². The SMILES string of the molecule is N#CCc1ccc(OCc2cc(C(=O)NN)co2)cc1. The normalized spacial score (nSPS) is 9.80. The Kier molecular flexibility index (Phi) is 4.37. The van der Waals surface area contributed by atoms with Crippen molar-refractivity contribution in [3.63, 3.8) is 0 Å². The van der Waals surface area contributed by atoms with Gasteiger partial charge < -0.3 is 9.15 Å². The van der Waals surface area contributed by atoms with Crippen LogP contribution in [0.3, 0.4) is 0 Å². The van der Waals surface area contributed by atoms with Gasteiger partial charge in [-0.25, -0.2) is 5.84 Å². The van der Waals surface area contributed by atoms with Gasteiger partial charge in [0, 0.05) is 0 Å². The Morgan fingerprint density at radius 1 is 1.40 bits per heavy atom. The lowest BCUT2D eigenvalue weighted by atomic mass is 10.2. The summed E-state index contributed by atoms with van der Waals surface area (Å²) in [6, 6.07) is 10.9. The molecule has 0 aliphatic heterocycles. The first-order valence-corrected chi connectivity index (χ1v) is 5.90. The summed E-state index contributed by atoms with van der Waals surface area (Å²) in [5.74, 6) is 5.78. The Balaban J connectivity index is 1.93. The van der Waals surface area contributed by atoms with Gasteiger partial charge in [0.1, 0.15) is 24.4 Å². The number of nitrogens with one attached hydrogen (secondary N) is 1. The molecule has 0 aliphatic carbocycles. The minimum atomic E-state index is -0.416. The average Bonchev–Trinajstić information content (AvgIpc) is 2.95. The molecule has 1 heterocycles. The average molecular weight is 271 g/mol. The first kappa shape index (κ1) is 13.6. The fourth-order valence-corrected chi connectivity index (χ4v) is 1.61. The number of benzene rings is 1. The van der Waals surface area contributed by atoms with E-state index in [2.05, 4.69) is 6.07 Å². The summed E-state index contributed by atoms with van der Waals surface area (Å²) >= 11 is 0. The minimum Gasteiger partial charge on any atom is -0.486 e. The second-order valence-electron chi connectivity index (χ2n) is 4.04. The van der Waals surface area contributed by atoms with Crippen molar-refractivity contribution in [2.45, 2.75) is 13.0 Å². The number of furan rings is 1. The van der Waals surface area contributed by atoms with E-state index in [4.69, 9.17) is 20.3 Å². The molecule has 1 aromatic heterocycles. The van der Waals surface area contributed by atoms with Crippen LogP contribution in [-0.2, 0) is 13.0 Å². The van der Waals surface area contributed by atoms with Gasteiger partial charge in [-0.1, -0.05) is 12.1 Å². The van der Waals surface area contributed by atoms with E-state index in [1.54, 1.807) is 18.2 Å². The number of carbonyl (C=O) groups is 1. The number of nitriles is 1. The predicted molar refractivity (Wildman–Crippen MR) is 70.5 cm³/mol. The lowest BCUT2D eigenvalue weighted by molar-refractivity contribution is 0.0953. The maximum atomic E-state index is 11.2. The van der Waals surface area contributed by atoms with Crippen molar-refractivity contribution < 1.29 is 13.9 Å². The zero-order valence-electron chi connectivity index (χ0n) is 10.6. The highest BCUT2D eigenvalue weighted by atomic mass is 16.5. The highest BCUT2D eigenvalue weighted by Crippen LogP contribution is 2.15. The molecule has 6 nitrogen and oxygen atoms in total. The van der Waals surface area contributed by atoms with Crippen LogP contribution in [-0.4, -0.2) is 5.91 Å². The topological polar surface area (TPSA) is 101 Å². The molecule has 0 radical (unpaired) electrons.